The third kappa shape index (κ3) is 5.07. The molecule has 0 aliphatic rings. The molecule has 0 fully saturated rings. The van der Waals surface area contributed by atoms with Crippen LogP contribution in [0.4, 0.5) is 11.4 Å². The zero-order valence-corrected chi connectivity index (χ0v) is 17.8. The molecule has 0 spiro atoms. The lowest BCUT2D eigenvalue weighted by atomic mass is 10.1. The molecule has 0 unspecified atom stereocenters. The second kappa shape index (κ2) is 8.97. The first-order chi connectivity index (χ1) is 14.7. The first kappa shape index (κ1) is 22.0. The highest BCUT2D eigenvalue weighted by molar-refractivity contribution is 7.92. The average molecular weight is 439 g/mol. The molecule has 1 N–H and O–H groups in total. The number of carbonyl (C=O) groups excluding carboxylic acids is 1. The van der Waals surface area contributed by atoms with Crippen LogP contribution in [0.2, 0.25) is 0 Å². The Morgan fingerprint density at radius 2 is 1.55 bits per heavy atom. The summed E-state index contributed by atoms with van der Waals surface area (Å²) in [6.07, 6.45) is 0. The highest BCUT2D eigenvalue weighted by atomic mass is 32.2. The summed E-state index contributed by atoms with van der Waals surface area (Å²) in [7, 11) is -2.26. The van der Waals surface area contributed by atoms with Gasteiger partial charge in [-0.05, 0) is 48.9 Å². The van der Waals surface area contributed by atoms with Gasteiger partial charge in [0.2, 0.25) is 0 Å². The molecule has 3 rings (SSSR count). The van der Waals surface area contributed by atoms with Gasteiger partial charge in [-0.25, -0.2) is 8.42 Å². The van der Waals surface area contributed by atoms with E-state index in [4.69, 9.17) is 0 Å². The summed E-state index contributed by atoms with van der Waals surface area (Å²) in [5.74, 6) is -0.339. The molecular formula is C22H21N3O5S. The number of nitrogens with zero attached hydrogens (tertiary/aromatic N) is 2. The monoisotopic (exact) mass is 439 g/mol. The Balaban J connectivity index is 1.66. The number of rotatable bonds is 7. The van der Waals surface area contributed by atoms with Crippen molar-refractivity contribution in [2.45, 2.75) is 18.4 Å². The van der Waals surface area contributed by atoms with E-state index in [1.807, 2.05) is 6.92 Å². The maximum absolute atomic E-state index is 12.8. The van der Waals surface area contributed by atoms with Crippen LogP contribution in [0.5, 0.6) is 0 Å². The van der Waals surface area contributed by atoms with Crippen LogP contribution >= 0.6 is 0 Å². The largest absolute Gasteiger partial charge is 0.348 e. The second-order valence-electron chi connectivity index (χ2n) is 6.94. The second-order valence-corrected chi connectivity index (χ2v) is 8.91. The summed E-state index contributed by atoms with van der Waals surface area (Å²) in [6, 6.07) is 18.7. The van der Waals surface area contributed by atoms with Gasteiger partial charge in [0.1, 0.15) is 0 Å². The highest BCUT2D eigenvalue weighted by Gasteiger charge is 2.21. The van der Waals surface area contributed by atoms with Gasteiger partial charge >= 0.3 is 0 Å². The number of carbonyl (C=O) groups is 1. The van der Waals surface area contributed by atoms with Gasteiger partial charge in [0.05, 0.1) is 15.5 Å². The molecule has 0 atom stereocenters. The molecular weight excluding hydrogens is 418 g/mol. The van der Waals surface area contributed by atoms with E-state index in [-0.39, 0.29) is 23.0 Å². The minimum absolute atomic E-state index is 0.0182. The van der Waals surface area contributed by atoms with Crippen molar-refractivity contribution in [3.8, 4) is 0 Å². The maximum atomic E-state index is 12.8. The number of anilines is 1. The van der Waals surface area contributed by atoms with Crippen LogP contribution in [-0.4, -0.2) is 26.3 Å². The number of amides is 1. The van der Waals surface area contributed by atoms with Crippen molar-refractivity contribution in [2.24, 2.45) is 0 Å². The lowest BCUT2D eigenvalue weighted by Gasteiger charge is -2.20. The minimum Gasteiger partial charge on any atom is -0.348 e. The number of nitro groups is 1. The molecule has 0 heterocycles. The quantitative estimate of drug-likeness (QED) is 0.446. The SMILES string of the molecule is Cc1ccc(S(=O)(=O)N(C)c2ccc(C(=O)NCc3ccc([N+](=O)[O-])cc3)cc2)cc1. The lowest BCUT2D eigenvalue weighted by molar-refractivity contribution is -0.384. The Bertz CT molecular complexity index is 1190. The van der Waals surface area contributed by atoms with Crippen LogP contribution in [0.3, 0.4) is 0 Å². The summed E-state index contributed by atoms with van der Waals surface area (Å²) in [5.41, 5.74) is 2.46. The predicted octanol–water partition coefficient (Wildman–Crippen LogP) is 3.66. The van der Waals surface area contributed by atoms with Gasteiger partial charge in [-0.15, -0.1) is 0 Å². The normalized spacial score (nSPS) is 11.0. The molecule has 9 heteroatoms. The third-order valence-corrected chi connectivity index (χ3v) is 6.57. The standard InChI is InChI=1S/C22H21N3O5S/c1-16-3-13-21(14-4-16)31(29,30)24(2)19-11-7-18(8-12-19)22(26)23-15-17-5-9-20(10-6-17)25(27)28/h3-14H,15H2,1-2H3,(H,23,26). The summed E-state index contributed by atoms with van der Waals surface area (Å²) in [4.78, 5) is 22.8. The van der Waals surface area contributed by atoms with Crippen molar-refractivity contribution >= 4 is 27.3 Å². The highest BCUT2D eigenvalue weighted by Crippen LogP contribution is 2.23. The van der Waals surface area contributed by atoms with Gasteiger partial charge in [0.15, 0.2) is 0 Å². The van der Waals surface area contributed by atoms with Gasteiger partial charge < -0.3 is 5.32 Å². The molecule has 3 aromatic carbocycles. The van der Waals surface area contributed by atoms with Crippen LogP contribution in [0.15, 0.2) is 77.7 Å². The molecule has 0 aliphatic carbocycles. The molecule has 3 aromatic rings. The fourth-order valence-corrected chi connectivity index (χ4v) is 4.05. The number of aryl methyl sites for hydroxylation is 1. The Kier molecular flexibility index (Phi) is 6.36. The van der Waals surface area contributed by atoms with E-state index in [1.54, 1.807) is 60.7 Å². The number of nitrogens with one attached hydrogen (secondary N) is 1. The summed E-state index contributed by atoms with van der Waals surface area (Å²) < 4.78 is 26.7. The van der Waals surface area contributed by atoms with Gasteiger partial charge in [-0.1, -0.05) is 29.8 Å². The number of sulfonamides is 1. The number of nitro benzene ring substituents is 1. The molecule has 0 radical (unpaired) electrons. The first-order valence-electron chi connectivity index (χ1n) is 9.35. The smallest absolute Gasteiger partial charge is 0.269 e. The Morgan fingerprint density at radius 3 is 2.10 bits per heavy atom. The van der Waals surface area contributed by atoms with Crippen molar-refractivity contribution in [2.75, 3.05) is 11.4 Å². The van der Waals surface area contributed by atoms with Crippen molar-refractivity contribution in [1.82, 2.24) is 5.32 Å². The van der Waals surface area contributed by atoms with Gasteiger partial charge in [-0.2, -0.15) is 0 Å². The minimum atomic E-state index is -3.71. The Hall–Kier alpha value is -3.72. The van der Waals surface area contributed by atoms with Crippen molar-refractivity contribution in [1.29, 1.82) is 0 Å². The van der Waals surface area contributed by atoms with E-state index in [0.29, 0.717) is 11.3 Å². The van der Waals surface area contributed by atoms with Gasteiger partial charge in [-0.3, -0.25) is 19.2 Å². The zero-order valence-electron chi connectivity index (χ0n) is 17.0. The van der Waals surface area contributed by atoms with Crippen LogP contribution in [0, 0.1) is 17.0 Å². The topological polar surface area (TPSA) is 110 Å². The van der Waals surface area contributed by atoms with E-state index in [1.165, 1.54) is 19.2 Å². The molecule has 1 amide bonds. The van der Waals surface area contributed by atoms with E-state index in [0.717, 1.165) is 15.4 Å². The third-order valence-electron chi connectivity index (χ3n) is 4.77. The maximum Gasteiger partial charge on any atom is 0.269 e. The molecule has 0 aromatic heterocycles. The van der Waals surface area contributed by atoms with Crippen molar-refractivity contribution < 1.29 is 18.1 Å². The molecule has 0 aliphatic heterocycles. The number of hydrogen-bond acceptors (Lipinski definition) is 5. The van der Waals surface area contributed by atoms with Crippen LogP contribution in [0.25, 0.3) is 0 Å². The van der Waals surface area contributed by atoms with Gasteiger partial charge in [0.25, 0.3) is 21.6 Å². The van der Waals surface area contributed by atoms with Crippen LogP contribution in [0.1, 0.15) is 21.5 Å². The average Bonchev–Trinajstić information content (AvgIpc) is 2.77. The summed E-state index contributed by atoms with van der Waals surface area (Å²) in [5, 5.41) is 13.4. The molecule has 0 saturated heterocycles. The van der Waals surface area contributed by atoms with Crippen LogP contribution < -0.4 is 9.62 Å². The summed E-state index contributed by atoms with van der Waals surface area (Å²) in [6.45, 7) is 2.09. The number of non-ortho nitro benzene ring substituents is 1. The summed E-state index contributed by atoms with van der Waals surface area (Å²) >= 11 is 0. The lowest BCUT2D eigenvalue weighted by Crippen LogP contribution is -2.27. The molecule has 0 bridgehead atoms. The number of benzene rings is 3. The van der Waals surface area contributed by atoms with Crippen LogP contribution in [-0.2, 0) is 16.6 Å². The number of hydrogen-bond donors (Lipinski definition) is 1. The van der Waals surface area contributed by atoms with E-state index in [2.05, 4.69) is 5.32 Å². The zero-order chi connectivity index (χ0) is 22.6. The Labute approximate surface area is 180 Å². The van der Waals surface area contributed by atoms with Crippen molar-refractivity contribution in [3.63, 3.8) is 0 Å². The molecule has 0 saturated carbocycles. The Morgan fingerprint density at radius 1 is 0.968 bits per heavy atom. The fraction of sp³-hybridized carbons (Fsp3) is 0.136. The van der Waals surface area contributed by atoms with E-state index < -0.39 is 14.9 Å². The fourth-order valence-electron chi connectivity index (χ4n) is 2.85. The van der Waals surface area contributed by atoms with Gasteiger partial charge in [0, 0.05) is 31.3 Å². The first-order valence-corrected chi connectivity index (χ1v) is 10.8. The van der Waals surface area contributed by atoms with Crippen molar-refractivity contribution in [3.05, 3.63) is 99.6 Å². The molecule has 160 valence electrons. The van der Waals surface area contributed by atoms with E-state index in [9.17, 15) is 23.3 Å². The van der Waals surface area contributed by atoms with E-state index >= 15 is 0 Å². The molecule has 31 heavy (non-hydrogen) atoms. The molecule has 8 nitrogen and oxygen atoms in total. The predicted molar refractivity (Wildman–Crippen MR) is 117 cm³/mol.